The molecule has 1 saturated carbocycles. The second-order valence-electron chi connectivity index (χ2n) is 7.18. The fraction of sp³-hybridized carbons (Fsp3) is 0.455. The van der Waals surface area contributed by atoms with Crippen molar-refractivity contribution in [2.45, 2.75) is 57.7 Å². The first-order chi connectivity index (χ1) is 12.5. The molecule has 0 N–H and O–H groups in total. The van der Waals surface area contributed by atoms with Crippen molar-refractivity contribution in [2.75, 3.05) is 0 Å². The Kier molecular flexibility index (Phi) is 5.90. The van der Waals surface area contributed by atoms with E-state index in [-0.39, 0.29) is 0 Å². The summed E-state index contributed by atoms with van der Waals surface area (Å²) in [5, 5.41) is 0. The van der Waals surface area contributed by atoms with Crippen LogP contribution in [-0.4, -0.2) is 0 Å². The van der Waals surface area contributed by atoms with E-state index in [1.807, 2.05) is 0 Å². The Morgan fingerprint density at radius 3 is 2.04 bits per heavy atom. The van der Waals surface area contributed by atoms with Crippen LogP contribution in [0.3, 0.4) is 0 Å². The Hall–Kier alpha value is -1.97. The molecule has 0 aliphatic heterocycles. The van der Waals surface area contributed by atoms with Gasteiger partial charge in [-0.15, -0.1) is 0 Å². The Morgan fingerprint density at radius 1 is 0.885 bits per heavy atom. The zero-order valence-electron chi connectivity index (χ0n) is 15.1. The summed E-state index contributed by atoms with van der Waals surface area (Å²) in [5.74, 6) is 1.99. The van der Waals surface area contributed by atoms with Gasteiger partial charge in [-0.05, 0) is 72.9 Å². The Balaban J connectivity index is 1.53. The molecule has 1 aliphatic rings. The van der Waals surface area contributed by atoms with Gasteiger partial charge in [0.25, 0.3) is 0 Å². The lowest BCUT2D eigenvalue weighted by molar-refractivity contribution is -0.137. The molecule has 0 heterocycles. The fourth-order valence-electron chi connectivity index (χ4n) is 3.70. The van der Waals surface area contributed by atoms with Crippen molar-refractivity contribution < 1.29 is 17.9 Å². The van der Waals surface area contributed by atoms with E-state index in [2.05, 4.69) is 31.2 Å². The monoisotopic (exact) mass is 362 g/mol. The highest BCUT2D eigenvalue weighted by molar-refractivity contribution is 5.30. The van der Waals surface area contributed by atoms with Crippen LogP contribution in [0, 0.1) is 5.92 Å². The van der Waals surface area contributed by atoms with E-state index in [1.165, 1.54) is 49.8 Å². The van der Waals surface area contributed by atoms with Crippen LogP contribution in [0.5, 0.6) is 5.75 Å². The predicted molar refractivity (Wildman–Crippen MR) is 97.2 cm³/mol. The largest absolute Gasteiger partial charge is 0.489 e. The second-order valence-corrected chi connectivity index (χ2v) is 7.18. The minimum absolute atomic E-state index is 0.355. The molecule has 26 heavy (non-hydrogen) atoms. The number of ether oxygens (including phenoxy) is 1. The normalized spacial score (nSPS) is 20.8. The molecule has 0 spiro atoms. The molecule has 2 aromatic carbocycles. The third kappa shape index (κ3) is 4.80. The molecule has 4 heteroatoms. The lowest BCUT2D eigenvalue weighted by Crippen LogP contribution is -2.12. The van der Waals surface area contributed by atoms with Gasteiger partial charge >= 0.3 is 6.18 Å². The van der Waals surface area contributed by atoms with E-state index in [0.717, 1.165) is 23.6 Å². The number of halogens is 3. The molecule has 0 aromatic heterocycles. The van der Waals surface area contributed by atoms with Crippen molar-refractivity contribution in [3.63, 3.8) is 0 Å². The van der Waals surface area contributed by atoms with E-state index in [9.17, 15) is 13.2 Å². The van der Waals surface area contributed by atoms with Crippen molar-refractivity contribution in [3.05, 3.63) is 65.2 Å². The molecule has 2 aromatic rings. The molecular formula is C22H25F3O. The van der Waals surface area contributed by atoms with Crippen LogP contribution in [-0.2, 0) is 12.8 Å². The zero-order chi connectivity index (χ0) is 18.6. The SMILES string of the molecule is CC[C@H]1CC[C@H](c2ccc(COc3ccc(C(F)(F)F)cc3)cc2)CC1. The molecular weight excluding hydrogens is 337 g/mol. The molecule has 1 aliphatic carbocycles. The quantitative estimate of drug-likeness (QED) is 0.558. The maximum Gasteiger partial charge on any atom is 0.416 e. The van der Waals surface area contributed by atoms with Crippen LogP contribution in [0.1, 0.15) is 61.6 Å². The summed E-state index contributed by atoms with van der Waals surface area (Å²) in [6.07, 6.45) is 2.14. The molecule has 3 rings (SSSR count). The summed E-state index contributed by atoms with van der Waals surface area (Å²) in [7, 11) is 0. The highest BCUT2D eigenvalue weighted by Crippen LogP contribution is 2.37. The molecule has 0 amide bonds. The zero-order valence-corrected chi connectivity index (χ0v) is 15.1. The summed E-state index contributed by atoms with van der Waals surface area (Å²) in [6, 6.07) is 13.3. The lowest BCUT2D eigenvalue weighted by Gasteiger charge is -2.28. The van der Waals surface area contributed by atoms with Gasteiger partial charge < -0.3 is 4.74 Å². The van der Waals surface area contributed by atoms with Gasteiger partial charge in [0.1, 0.15) is 12.4 Å². The summed E-state index contributed by atoms with van der Waals surface area (Å²) in [4.78, 5) is 0. The number of hydrogen-bond acceptors (Lipinski definition) is 1. The van der Waals surface area contributed by atoms with Crippen LogP contribution < -0.4 is 4.74 Å². The Bertz CT molecular complexity index is 681. The highest BCUT2D eigenvalue weighted by Gasteiger charge is 2.30. The molecule has 1 fully saturated rings. The summed E-state index contributed by atoms with van der Waals surface area (Å²) in [5.41, 5.74) is 1.75. The van der Waals surface area contributed by atoms with Crippen molar-refractivity contribution in [3.8, 4) is 5.75 Å². The van der Waals surface area contributed by atoms with Crippen molar-refractivity contribution in [2.24, 2.45) is 5.92 Å². The van der Waals surface area contributed by atoms with Gasteiger partial charge in [-0.3, -0.25) is 0 Å². The average molecular weight is 362 g/mol. The summed E-state index contributed by atoms with van der Waals surface area (Å²) < 4.78 is 43.3. The van der Waals surface area contributed by atoms with Crippen LogP contribution >= 0.6 is 0 Å². The van der Waals surface area contributed by atoms with E-state index >= 15 is 0 Å². The van der Waals surface area contributed by atoms with Gasteiger partial charge in [-0.2, -0.15) is 13.2 Å². The molecule has 140 valence electrons. The summed E-state index contributed by atoms with van der Waals surface area (Å²) in [6.45, 7) is 2.63. The van der Waals surface area contributed by atoms with Crippen LogP contribution in [0.4, 0.5) is 13.2 Å². The maximum absolute atomic E-state index is 12.6. The van der Waals surface area contributed by atoms with Gasteiger partial charge in [-0.1, -0.05) is 37.6 Å². The molecule has 1 nitrogen and oxygen atoms in total. The van der Waals surface area contributed by atoms with Gasteiger partial charge in [0.05, 0.1) is 5.56 Å². The van der Waals surface area contributed by atoms with Gasteiger partial charge in [0.15, 0.2) is 0 Å². The van der Waals surface area contributed by atoms with Crippen molar-refractivity contribution in [1.82, 2.24) is 0 Å². The van der Waals surface area contributed by atoms with Crippen LogP contribution in [0.25, 0.3) is 0 Å². The second kappa shape index (κ2) is 8.15. The van der Waals surface area contributed by atoms with E-state index in [0.29, 0.717) is 18.3 Å². The van der Waals surface area contributed by atoms with E-state index in [4.69, 9.17) is 4.74 Å². The molecule has 0 bridgehead atoms. The van der Waals surface area contributed by atoms with E-state index in [1.54, 1.807) is 0 Å². The third-order valence-electron chi connectivity index (χ3n) is 5.46. The van der Waals surface area contributed by atoms with E-state index < -0.39 is 11.7 Å². The first-order valence-electron chi connectivity index (χ1n) is 9.34. The molecule has 0 radical (unpaired) electrons. The number of rotatable bonds is 5. The molecule has 0 atom stereocenters. The number of hydrogen-bond donors (Lipinski definition) is 0. The highest BCUT2D eigenvalue weighted by atomic mass is 19.4. The number of alkyl halides is 3. The van der Waals surface area contributed by atoms with Crippen LogP contribution in [0.2, 0.25) is 0 Å². The minimum atomic E-state index is -4.31. The van der Waals surface area contributed by atoms with Gasteiger partial charge in [-0.25, -0.2) is 0 Å². The topological polar surface area (TPSA) is 9.23 Å². The number of benzene rings is 2. The average Bonchev–Trinajstić information content (AvgIpc) is 2.66. The summed E-state index contributed by atoms with van der Waals surface area (Å²) >= 11 is 0. The smallest absolute Gasteiger partial charge is 0.416 e. The molecule has 0 saturated heterocycles. The first kappa shape index (κ1) is 18.8. The maximum atomic E-state index is 12.6. The predicted octanol–water partition coefficient (Wildman–Crippen LogP) is 6.97. The fourth-order valence-corrected chi connectivity index (χ4v) is 3.70. The molecule has 0 unspecified atom stereocenters. The first-order valence-corrected chi connectivity index (χ1v) is 9.34. The lowest BCUT2D eigenvalue weighted by atomic mass is 9.78. The third-order valence-corrected chi connectivity index (χ3v) is 5.46. The standard InChI is InChI=1S/C22H25F3O/c1-2-16-3-7-18(8-4-16)19-9-5-17(6-10-19)15-26-21-13-11-20(12-14-21)22(23,24)25/h5-6,9-14,16,18H,2-4,7-8,15H2,1H3/t16-,18-. The van der Waals surface area contributed by atoms with Crippen molar-refractivity contribution in [1.29, 1.82) is 0 Å². The van der Waals surface area contributed by atoms with Crippen LogP contribution in [0.15, 0.2) is 48.5 Å². The Labute approximate surface area is 153 Å². The van der Waals surface area contributed by atoms with Crippen molar-refractivity contribution >= 4 is 0 Å². The minimum Gasteiger partial charge on any atom is -0.489 e. The Morgan fingerprint density at radius 2 is 1.50 bits per heavy atom. The van der Waals surface area contributed by atoms with Gasteiger partial charge in [0, 0.05) is 0 Å². The van der Waals surface area contributed by atoms with Gasteiger partial charge in [0.2, 0.25) is 0 Å².